The second kappa shape index (κ2) is 12.2. The number of aromatic nitrogens is 1. The van der Waals surface area contributed by atoms with Gasteiger partial charge in [0.05, 0.1) is 19.5 Å². The lowest BCUT2D eigenvalue weighted by atomic mass is 10.3. The largest absolute Gasteiger partial charge is 0.469 e. The molecular formula is C21H31N5O2. The van der Waals surface area contributed by atoms with Crippen LogP contribution in [-0.2, 0) is 17.6 Å². The lowest BCUT2D eigenvalue weighted by Gasteiger charge is -2.26. The standard InChI is InChI=1S/C21H31N5O2/c1-2-9-22-19(5-1)7-11-24-21(25-12-8-20-6-3-16-28-20)23-10-4-13-26-14-17-27-18-15-26/h1-3,5-6,9,16H,4,7-8,10-15,17-18H2,(H2,23,24,25). The minimum atomic E-state index is 0.784. The molecule has 2 aromatic rings. The van der Waals surface area contributed by atoms with E-state index in [4.69, 9.17) is 14.1 Å². The Morgan fingerprint density at radius 1 is 1.07 bits per heavy atom. The molecule has 0 atom stereocenters. The van der Waals surface area contributed by atoms with E-state index in [1.807, 2.05) is 36.5 Å². The maximum absolute atomic E-state index is 5.40. The van der Waals surface area contributed by atoms with Gasteiger partial charge < -0.3 is 19.8 Å². The Bertz CT molecular complexity index is 669. The topological polar surface area (TPSA) is 74.9 Å². The molecule has 3 heterocycles. The zero-order valence-electron chi connectivity index (χ0n) is 16.5. The third kappa shape index (κ3) is 7.70. The molecule has 7 nitrogen and oxygen atoms in total. The molecule has 1 aliphatic rings. The molecule has 0 unspecified atom stereocenters. The quantitative estimate of drug-likeness (QED) is 0.369. The summed E-state index contributed by atoms with van der Waals surface area (Å²) in [6, 6.07) is 9.92. The first-order valence-corrected chi connectivity index (χ1v) is 10.1. The zero-order valence-corrected chi connectivity index (χ0v) is 16.5. The predicted octanol–water partition coefficient (Wildman–Crippen LogP) is 1.72. The minimum absolute atomic E-state index is 0.784. The SMILES string of the molecule is c1ccc(CCNC(=NCCCN2CCOCC2)NCCc2ccco2)nc1. The fraction of sp³-hybridized carbons (Fsp3) is 0.524. The average Bonchev–Trinajstić information content (AvgIpc) is 3.26. The van der Waals surface area contributed by atoms with Crippen molar-refractivity contribution in [1.82, 2.24) is 20.5 Å². The van der Waals surface area contributed by atoms with Gasteiger partial charge in [-0.2, -0.15) is 0 Å². The summed E-state index contributed by atoms with van der Waals surface area (Å²) in [6.45, 7) is 7.20. The summed E-state index contributed by atoms with van der Waals surface area (Å²) >= 11 is 0. The zero-order chi connectivity index (χ0) is 19.3. The summed E-state index contributed by atoms with van der Waals surface area (Å²) in [5.74, 6) is 1.83. The van der Waals surface area contributed by atoms with Crippen LogP contribution in [0.1, 0.15) is 17.9 Å². The Hall–Kier alpha value is -2.38. The molecule has 7 heteroatoms. The molecule has 0 aliphatic carbocycles. The van der Waals surface area contributed by atoms with Gasteiger partial charge in [0.1, 0.15) is 5.76 Å². The van der Waals surface area contributed by atoms with Crippen LogP contribution in [0.4, 0.5) is 0 Å². The Labute approximate surface area is 167 Å². The van der Waals surface area contributed by atoms with Gasteiger partial charge in [-0.05, 0) is 30.7 Å². The molecule has 1 fully saturated rings. The van der Waals surface area contributed by atoms with Gasteiger partial charge in [-0.25, -0.2) is 0 Å². The lowest BCUT2D eigenvalue weighted by Crippen LogP contribution is -2.40. The van der Waals surface area contributed by atoms with E-state index in [9.17, 15) is 0 Å². The summed E-state index contributed by atoms with van der Waals surface area (Å²) in [4.78, 5) is 11.6. The van der Waals surface area contributed by atoms with Gasteiger partial charge in [-0.15, -0.1) is 0 Å². The lowest BCUT2D eigenvalue weighted by molar-refractivity contribution is 0.0377. The van der Waals surface area contributed by atoms with Crippen molar-refractivity contribution in [1.29, 1.82) is 0 Å². The van der Waals surface area contributed by atoms with Crippen LogP contribution in [0.5, 0.6) is 0 Å². The van der Waals surface area contributed by atoms with Crippen molar-refractivity contribution in [2.45, 2.75) is 19.3 Å². The highest BCUT2D eigenvalue weighted by molar-refractivity contribution is 5.79. The van der Waals surface area contributed by atoms with Crippen molar-refractivity contribution in [2.24, 2.45) is 4.99 Å². The van der Waals surface area contributed by atoms with Crippen LogP contribution in [0.2, 0.25) is 0 Å². The van der Waals surface area contributed by atoms with Gasteiger partial charge in [0.15, 0.2) is 5.96 Å². The fourth-order valence-electron chi connectivity index (χ4n) is 3.10. The molecule has 1 aliphatic heterocycles. The molecule has 152 valence electrons. The second-order valence-electron chi connectivity index (χ2n) is 6.79. The molecule has 0 spiro atoms. The van der Waals surface area contributed by atoms with Crippen molar-refractivity contribution in [2.75, 3.05) is 52.5 Å². The molecule has 0 aromatic carbocycles. The number of pyridine rings is 1. The van der Waals surface area contributed by atoms with Crippen LogP contribution in [0.15, 0.2) is 52.2 Å². The number of guanidine groups is 1. The van der Waals surface area contributed by atoms with E-state index in [2.05, 4.69) is 20.5 Å². The summed E-state index contributed by atoms with van der Waals surface area (Å²) in [6.07, 6.45) is 6.29. The maximum atomic E-state index is 5.40. The monoisotopic (exact) mass is 385 g/mol. The smallest absolute Gasteiger partial charge is 0.191 e. The molecular weight excluding hydrogens is 354 g/mol. The van der Waals surface area contributed by atoms with Crippen LogP contribution in [0, 0.1) is 0 Å². The highest BCUT2D eigenvalue weighted by Gasteiger charge is 2.09. The van der Waals surface area contributed by atoms with Crippen molar-refractivity contribution < 1.29 is 9.15 Å². The number of hydrogen-bond acceptors (Lipinski definition) is 5. The molecule has 0 amide bonds. The summed E-state index contributed by atoms with van der Waals surface area (Å²) in [7, 11) is 0. The highest BCUT2D eigenvalue weighted by Crippen LogP contribution is 2.00. The Balaban J connectivity index is 1.41. The van der Waals surface area contributed by atoms with Crippen LogP contribution >= 0.6 is 0 Å². The van der Waals surface area contributed by atoms with Crippen LogP contribution in [0.3, 0.4) is 0 Å². The molecule has 3 rings (SSSR count). The number of rotatable bonds is 10. The fourth-order valence-corrected chi connectivity index (χ4v) is 3.10. The van der Waals surface area contributed by atoms with Gasteiger partial charge >= 0.3 is 0 Å². The van der Waals surface area contributed by atoms with Gasteiger partial charge in [-0.1, -0.05) is 6.07 Å². The molecule has 28 heavy (non-hydrogen) atoms. The normalized spacial score (nSPS) is 15.5. The molecule has 0 saturated carbocycles. The van der Waals surface area contributed by atoms with E-state index in [0.29, 0.717) is 0 Å². The van der Waals surface area contributed by atoms with E-state index in [-0.39, 0.29) is 0 Å². The Kier molecular flexibility index (Phi) is 8.83. The number of nitrogens with zero attached hydrogens (tertiary/aromatic N) is 3. The molecule has 0 bridgehead atoms. The Morgan fingerprint density at radius 2 is 1.93 bits per heavy atom. The third-order valence-corrected chi connectivity index (χ3v) is 4.65. The van der Waals surface area contributed by atoms with E-state index in [0.717, 1.165) is 89.2 Å². The first-order chi connectivity index (χ1) is 13.9. The first-order valence-electron chi connectivity index (χ1n) is 10.1. The predicted molar refractivity (Wildman–Crippen MR) is 111 cm³/mol. The van der Waals surface area contributed by atoms with Crippen molar-refractivity contribution in [3.8, 4) is 0 Å². The number of hydrogen-bond donors (Lipinski definition) is 2. The van der Waals surface area contributed by atoms with Crippen LogP contribution in [0.25, 0.3) is 0 Å². The van der Waals surface area contributed by atoms with Gasteiger partial charge in [0, 0.05) is 64.0 Å². The van der Waals surface area contributed by atoms with Crippen molar-refractivity contribution >= 4 is 5.96 Å². The molecule has 1 saturated heterocycles. The molecule has 2 N–H and O–H groups in total. The molecule has 2 aromatic heterocycles. The molecule has 0 radical (unpaired) electrons. The minimum Gasteiger partial charge on any atom is -0.469 e. The number of morpholine rings is 1. The van der Waals surface area contributed by atoms with Crippen molar-refractivity contribution in [3.63, 3.8) is 0 Å². The van der Waals surface area contributed by atoms with E-state index < -0.39 is 0 Å². The summed E-state index contributed by atoms with van der Waals surface area (Å²) in [5.41, 5.74) is 1.08. The summed E-state index contributed by atoms with van der Waals surface area (Å²) in [5, 5.41) is 6.83. The first kappa shape index (κ1) is 20.4. The number of aliphatic imine (C=N–C) groups is 1. The van der Waals surface area contributed by atoms with Gasteiger partial charge in [0.25, 0.3) is 0 Å². The second-order valence-corrected chi connectivity index (χ2v) is 6.79. The number of nitrogens with one attached hydrogen (secondary N) is 2. The van der Waals surface area contributed by atoms with Gasteiger partial charge in [0.2, 0.25) is 0 Å². The Morgan fingerprint density at radius 3 is 2.68 bits per heavy atom. The van der Waals surface area contributed by atoms with E-state index in [1.54, 1.807) is 6.26 Å². The highest BCUT2D eigenvalue weighted by atomic mass is 16.5. The number of furan rings is 1. The van der Waals surface area contributed by atoms with Gasteiger partial charge in [-0.3, -0.25) is 14.9 Å². The van der Waals surface area contributed by atoms with Crippen LogP contribution in [-0.4, -0.2) is 68.3 Å². The average molecular weight is 386 g/mol. The third-order valence-electron chi connectivity index (χ3n) is 4.65. The van der Waals surface area contributed by atoms with Crippen LogP contribution < -0.4 is 10.6 Å². The van der Waals surface area contributed by atoms with Crippen molar-refractivity contribution in [3.05, 3.63) is 54.2 Å². The number of ether oxygens (including phenoxy) is 1. The van der Waals surface area contributed by atoms with E-state index in [1.165, 1.54) is 0 Å². The van der Waals surface area contributed by atoms with E-state index >= 15 is 0 Å². The maximum Gasteiger partial charge on any atom is 0.191 e. The summed E-state index contributed by atoms with van der Waals surface area (Å²) < 4.78 is 10.8.